The minimum atomic E-state index is 0.0761. The molecule has 0 aliphatic heterocycles. The quantitative estimate of drug-likeness (QED) is 0.236. The maximum atomic E-state index is 5.02. The fourth-order valence-corrected chi connectivity index (χ4v) is 8.80. The lowest BCUT2D eigenvalue weighted by Crippen LogP contribution is -2.11. The van der Waals surface area contributed by atoms with E-state index in [-0.39, 0.29) is 5.41 Å². The van der Waals surface area contributed by atoms with Gasteiger partial charge in [0.1, 0.15) is 0 Å². The normalized spacial score (nSPS) is 12.8. The van der Waals surface area contributed by atoms with E-state index in [0.29, 0.717) is 5.92 Å². The van der Waals surface area contributed by atoms with E-state index >= 15 is 0 Å². The van der Waals surface area contributed by atoms with E-state index in [1.54, 1.807) is 0 Å². The molecule has 0 amide bonds. The molecule has 0 spiro atoms. The Labute approximate surface area is 213 Å². The average Bonchev–Trinajstić information content (AvgIpc) is 3.47. The number of aryl methyl sites for hydroxylation is 1. The van der Waals surface area contributed by atoms with Crippen LogP contribution in [0, 0.1) is 12.8 Å². The molecule has 172 valence electrons. The Morgan fingerprint density at radius 2 is 1.62 bits per heavy atom. The second kappa shape index (κ2) is 7.87. The van der Waals surface area contributed by atoms with Gasteiger partial charge < -0.3 is 0 Å². The molecule has 6 rings (SSSR count). The molecular weight excluding hydrogens is 471 g/mol. The molecule has 0 radical (unpaired) electrons. The Kier molecular flexibility index (Phi) is 5.14. The monoisotopic (exact) mass is 499 g/mol. The Bertz CT molecular complexity index is 1700. The van der Waals surface area contributed by atoms with Crippen LogP contribution in [0.15, 0.2) is 48.0 Å². The minimum absolute atomic E-state index is 0.0761. The highest BCUT2D eigenvalue weighted by molar-refractivity contribution is 7.26. The number of pyridine rings is 1. The molecule has 0 N–H and O–H groups in total. The number of hydrogen-bond donors (Lipinski definition) is 0. The third-order valence-electron chi connectivity index (χ3n) is 6.76. The van der Waals surface area contributed by atoms with E-state index in [1.807, 2.05) is 40.2 Å². The highest BCUT2D eigenvalue weighted by Gasteiger charge is 2.22. The topological polar surface area (TPSA) is 12.9 Å². The molecule has 0 saturated heterocycles. The third kappa shape index (κ3) is 3.42. The fourth-order valence-electron chi connectivity index (χ4n) is 5.15. The number of rotatable bonds is 3. The van der Waals surface area contributed by atoms with Crippen molar-refractivity contribution in [2.75, 3.05) is 0 Å². The summed E-state index contributed by atoms with van der Waals surface area (Å²) in [7, 11) is 0. The molecule has 34 heavy (non-hydrogen) atoms. The van der Waals surface area contributed by atoms with Crippen molar-refractivity contribution in [1.29, 1.82) is 0 Å². The lowest BCUT2D eigenvalue weighted by molar-refractivity contribution is 0.597. The molecule has 0 fully saturated rings. The van der Waals surface area contributed by atoms with E-state index in [4.69, 9.17) is 4.98 Å². The zero-order valence-corrected chi connectivity index (χ0v) is 23.0. The molecule has 1 nitrogen and oxygen atoms in total. The Hall–Kier alpha value is -2.27. The van der Waals surface area contributed by atoms with Crippen molar-refractivity contribution in [3.05, 3.63) is 64.0 Å². The fraction of sp³-hybridized carbons (Fsp3) is 0.300. The highest BCUT2D eigenvalue weighted by atomic mass is 32.1. The van der Waals surface area contributed by atoms with E-state index in [9.17, 15) is 0 Å². The summed E-state index contributed by atoms with van der Waals surface area (Å²) in [6.07, 6.45) is 3.13. The first kappa shape index (κ1) is 22.2. The van der Waals surface area contributed by atoms with Crippen LogP contribution in [0.1, 0.15) is 50.6 Å². The molecule has 0 bridgehead atoms. The van der Waals surface area contributed by atoms with Crippen LogP contribution in [0.2, 0.25) is 0 Å². The van der Waals surface area contributed by atoms with Gasteiger partial charge in [0.05, 0.1) is 5.69 Å². The highest BCUT2D eigenvalue weighted by Crippen LogP contribution is 2.47. The van der Waals surface area contributed by atoms with Crippen LogP contribution in [0.3, 0.4) is 0 Å². The Morgan fingerprint density at radius 1 is 0.882 bits per heavy atom. The second-order valence-electron chi connectivity index (χ2n) is 10.8. The summed E-state index contributed by atoms with van der Waals surface area (Å²) in [5, 5.41) is 7.69. The van der Waals surface area contributed by atoms with Crippen molar-refractivity contribution in [2.24, 2.45) is 5.92 Å². The van der Waals surface area contributed by atoms with Gasteiger partial charge in [0.15, 0.2) is 0 Å². The zero-order chi connectivity index (χ0) is 23.8. The number of aromatic nitrogens is 1. The summed E-state index contributed by atoms with van der Waals surface area (Å²) in [6.45, 7) is 13.9. The molecule has 2 aromatic carbocycles. The maximum absolute atomic E-state index is 5.02. The first-order valence-electron chi connectivity index (χ1n) is 12.0. The van der Waals surface area contributed by atoms with Gasteiger partial charge in [-0.2, -0.15) is 0 Å². The van der Waals surface area contributed by atoms with Crippen LogP contribution in [0.4, 0.5) is 0 Å². The molecular formula is C30H29NS3. The molecule has 4 heterocycles. The molecule has 4 heteroatoms. The van der Waals surface area contributed by atoms with Gasteiger partial charge in [-0.25, -0.2) is 0 Å². The molecule has 6 aromatic rings. The van der Waals surface area contributed by atoms with Gasteiger partial charge in [-0.1, -0.05) is 34.6 Å². The van der Waals surface area contributed by atoms with Crippen LogP contribution in [-0.4, -0.2) is 4.98 Å². The summed E-state index contributed by atoms with van der Waals surface area (Å²) >= 11 is 5.72. The summed E-state index contributed by atoms with van der Waals surface area (Å²) in [5.74, 6) is 0.659. The van der Waals surface area contributed by atoms with Crippen molar-refractivity contribution < 1.29 is 0 Å². The molecule has 0 unspecified atom stereocenters. The van der Waals surface area contributed by atoms with Crippen molar-refractivity contribution in [2.45, 2.75) is 53.4 Å². The number of hydrogen-bond acceptors (Lipinski definition) is 4. The Balaban J connectivity index is 1.72. The minimum Gasteiger partial charge on any atom is -0.256 e. The molecule has 0 atom stereocenters. The summed E-state index contributed by atoms with van der Waals surface area (Å²) in [6, 6.07) is 13.8. The zero-order valence-electron chi connectivity index (χ0n) is 20.6. The molecule has 0 aliphatic rings. The van der Waals surface area contributed by atoms with E-state index < -0.39 is 0 Å². The van der Waals surface area contributed by atoms with Gasteiger partial charge >= 0.3 is 0 Å². The second-order valence-corrected chi connectivity index (χ2v) is 13.9. The number of nitrogens with zero attached hydrogens (tertiary/aromatic N) is 1. The first-order chi connectivity index (χ1) is 16.2. The van der Waals surface area contributed by atoms with Gasteiger partial charge in [0.25, 0.3) is 0 Å². The summed E-state index contributed by atoms with van der Waals surface area (Å²) < 4.78 is 5.49. The van der Waals surface area contributed by atoms with E-state index in [1.165, 1.54) is 61.9 Å². The van der Waals surface area contributed by atoms with Gasteiger partial charge in [-0.3, -0.25) is 4.98 Å². The predicted molar refractivity (Wildman–Crippen MR) is 155 cm³/mol. The molecule has 0 aliphatic carbocycles. The Morgan fingerprint density at radius 3 is 2.35 bits per heavy atom. The average molecular weight is 500 g/mol. The first-order valence-corrected chi connectivity index (χ1v) is 14.5. The van der Waals surface area contributed by atoms with Crippen LogP contribution in [0.5, 0.6) is 0 Å². The van der Waals surface area contributed by atoms with Crippen molar-refractivity contribution >= 4 is 74.4 Å². The summed E-state index contributed by atoms with van der Waals surface area (Å²) in [4.78, 5) is 6.54. The van der Waals surface area contributed by atoms with E-state index in [2.05, 4.69) is 83.3 Å². The van der Waals surface area contributed by atoms with Gasteiger partial charge in [0, 0.05) is 51.6 Å². The summed E-state index contributed by atoms with van der Waals surface area (Å²) in [5.41, 5.74) is 5.29. The van der Waals surface area contributed by atoms with Crippen LogP contribution in [0.25, 0.3) is 51.6 Å². The standard InChI is InChI=1S/C30H29NS3/c1-16(2)13-24-17(3)25-21(34-24)7-8-22-26(25)27-23(33-22)9-11-31-28(27)19-14-18-10-12-32-29(18)20(15-19)30(4,5)6/h7-12,14-16H,13H2,1-6H3. The van der Waals surface area contributed by atoms with E-state index in [0.717, 1.165) is 12.1 Å². The van der Waals surface area contributed by atoms with Crippen LogP contribution in [-0.2, 0) is 11.8 Å². The van der Waals surface area contributed by atoms with Gasteiger partial charge in [-0.15, -0.1) is 34.0 Å². The van der Waals surface area contributed by atoms with Gasteiger partial charge in [0.2, 0.25) is 0 Å². The predicted octanol–water partition coefficient (Wildman–Crippen LogP) is 10.4. The largest absolute Gasteiger partial charge is 0.256 e. The SMILES string of the molecule is Cc1c(CC(C)C)sc2ccc3sc4ccnc(-c5cc(C(C)(C)C)c6sccc6c5)c4c3c12. The number of fused-ring (bicyclic) bond motifs is 6. The van der Waals surface area contributed by atoms with Crippen LogP contribution < -0.4 is 0 Å². The smallest absolute Gasteiger partial charge is 0.0795 e. The number of thiophene rings is 3. The van der Waals surface area contributed by atoms with Crippen LogP contribution >= 0.6 is 34.0 Å². The maximum Gasteiger partial charge on any atom is 0.0795 e. The lowest BCUT2D eigenvalue weighted by atomic mass is 9.84. The van der Waals surface area contributed by atoms with Crippen molar-refractivity contribution in [1.82, 2.24) is 4.98 Å². The van der Waals surface area contributed by atoms with Crippen molar-refractivity contribution in [3.63, 3.8) is 0 Å². The van der Waals surface area contributed by atoms with Gasteiger partial charge in [-0.05, 0) is 83.0 Å². The van der Waals surface area contributed by atoms with Crippen molar-refractivity contribution in [3.8, 4) is 11.3 Å². The lowest BCUT2D eigenvalue weighted by Gasteiger charge is -2.21. The molecule has 0 saturated carbocycles. The molecule has 4 aromatic heterocycles. The third-order valence-corrected chi connectivity index (χ3v) is 10.1. The number of benzene rings is 2.